The number of pyridine rings is 1. The van der Waals surface area contributed by atoms with Crippen molar-refractivity contribution in [1.82, 2.24) is 14.1 Å². The van der Waals surface area contributed by atoms with Gasteiger partial charge in [-0.25, -0.2) is 18.2 Å². The third-order valence-corrected chi connectivity index (χ3v) is 5.39. The molecule has 0 aliphatic heterocycles. The Labute approximate surface area is 165 Å². The van der Waals surface area contributed by atoms with Gasteiger partial charge in [-0.2, -0.15) is 0 Å². The van der Waals surface area contributed by atoms with Gasteiger partial charge < -0.3 is 9.88 Å². The number of sulfonamides is 1. The van der Waals surface area contributed by atoms with Crippen molar-refractivity contribution in [1.29, 1.82) is 0 Å². The Balaban J connectivity index is 1.80. The molecule has 0 aliphatic rings. The molecular formula is C18H17N5O5S. The van der Waals surface area contributed by atoms with Gasteiger partial charge in [0.2, 0.25) is 0 Å². The maximum Gasteiger partial charge on any atom is 0.330 e. The van der Waals surface area contributed by atoms with E-state index < -0.39 is 27.2 Å². The predicted molar refractivity (Wildman–Crippen MR) is 106 cm³/mol. The Morgan fingerprint density at radius 3 is 2.34 bits per heavy atom. The molecule has 150 valence electrons. The van der Waals surface area contributed by atoms with Gasteiger partial charge in [-0.1, -0.05) is 6.07 Å². The van der Waals surface area contributed by atoms with Crippen LogP contribution in [0.5, 0.6) is 0 Å². The van der Waals surface area contributed by atoms with Crippen molar-refractivity contribution in [3.05, 3.63) is 81.3 Å². The predicted octanol–water partition coefficient (Wildman–Crippen LogP) is 0.532. The van der Waals surface area contributed by atoms with E-state index in [2.05, 4.69) is 15.0 Å². The lowest BCUT2D eigenvalue weighted by molar-refractivity contribution is 0.102. The fraction of sp³-hybridized carbons (Fsp3) is 0.111. The molecule has 11 heteroatoms. The number of nitrogens with zero attached hydrogens (tertiary/aromatic N) is 3. The number of hydrogen-bond donors (Lipinski definition) is 2. The monoisotopic (exact) mass is 415 g/mol. The average Bonchev–Trinajstić information content (AvgIpc) is 2.70. The van der Waals surface area contributed by atoms with Crippen LogP contribution < -0.4 is 21.3 Å². The van der Waals surface area contributed by atoms with Crippen LogP contribution in [-0.2, 0) is 24.1 Å². The molecule has 1 aromatic carbocycles. The maximum atomic E-state index is 12.4. The minimum Gasteiger partial charge on any atom is -0.322 e. The summed E-state index contributed by atoms with van der Waals surface area (Å²) in [6.07, 6.45) is 2.61. The molecule has 29 heavy (non-hydrogen) atoms. The van der Waals surface area contributed by atoms with Crippen molar-refractivity contribution >= 4 is 27.4 Å². The van der Waals surface area contributed by atoms with Crippen LogP contribution in [0.4, 0.5) is 11.5 Å². The van der Waals surface area contributed by atoms with Gasteiger partial charge in [0.25, 0.3) is 21.5 Å². The van der Waals surface area contributed by atoms with Crippen molar-refractivity contribution in [2.45, 2.75) is 4.90 Å². The number of amides is 1. The van der Waals surface area contributed by atoms with E-state index in [9.17, 15) is 22.8 Å². The van der Waals surface area contributed by atoms with Gasteiger partial charge in [0.05, 0.1) is 4.90 Å². The summed E-state index contributed by atoms with van der Waals surface area (Å²) in [5, 5.41) is 2.51. The average molecular weight is 415 g/mol. The van der Waals surface area contributed by atoms with Crippen LogP contribution in [0, 0.1) is 0 Å². The molecule has 0 saturated heterocycles. The summed E-state index contributed by atoms with van der Waals surface area (Å²) in [5.74, 6) is -0.543. The minimum atomic E-state index is -3.85. The molecule has 2 N–H and O–H groups in total. The fourth-order valence-corrected chi connectivity index (χ4v) is 3.51. The van der Waals surface area contributed by atoms with Gasteiger partial charge in [0.15, 0.2) is 0 Å². The highest BCUT2D eigenvalue weighted by molar-refractivity contribution is 7.92. The number of aromatic nitrogens is 3. The summed E-state index contributed by atoms with van der Waals surface area (Å²) < 4.78 is 29.1. The van der Waals surface area contributed by atoms with E-state index in [0.29, 0.717) is 0 Å². The molecule has 3 aromatic rings. The summed E-state index contributed by atoms with van der Waals surface area (Å²) in [4.78, 5) is 40.1. The molecule has 0 spiro atoms. The van der Waals surface area contributed by atoms with E-state index in [4.69, 9.17) is 0 Å². The third kappa shape index (κ3) is 4.24. The van der Waals surface area contributed by atoms with E-state index in [1.807, 2.05) is 0 Å². The SMILES string of the molecule is Cn1cc(C(=O)Nc2ccc(S(=O)(=O)Nc3ccccn3)cc2)c(=O)n(C)c1=O. The molecule has 0 fully saturated rings. The molecule has 0 bridgehead atoms. The van der Waals surface area contributed by atoms with Crippen LogP contribution >= 0.6 is 0 Å². The number of rotatable bonds is 5. The first-order valence-corrected chi connectivity index (χ1v) is 9.79. The quantitative estimate of drug-likeness (QED) is 0.625. The minimum absolute atomic E-state index is 0.0285. The Morgan fingerprint density at radius 2 is 1.72 bits per heavy atom. The first-order valence-electron chi connectivity index (χ1n) is 8.31. The van der Waals surface area contributed by atoms with Crippen LogP contribution in [0.3, 0.4) is 0 Å². The number of carbonyl (C=O) groups is 1. The standard InChI is InChI=1S/C18H17N5O5S/c1-22-11-14(17(25)23(2)18(22)26)16(24)20-12-6-8-13(9-7-12)29(27,28)21-15-5-3-4-10-19-15/h3-11H,1-2H3,(H,19,21)(H,20,24). The second kappa shape index (κ2) is 7.72. The van der Waals surface area contributed by atoms with Crippen LogP contribution in [-0.4, -0.2) is 28.4 Å². The lowest BCUT2D eigenvalue weighted by Gasteiger charge is -2.10. The molecule has 1 amide bonds. The second-order valence-corrected chi connectivity index (χ2v) is 7.78. The van der Waals surface area contributed by atoms with Gasteiger partial charge in [0.1, 0.15) is 11.4 Å². The highest BCUT2D eigenvalue weighted by Gasteiger charge is 2.17. The molecule has 2 heterocycles. The first kappa shape index (κ1) is 20.0. The third-order valence-electron chi connectivity index (χ3n) is 4.02. The maximum absolute atomic E-state index is 12.4. The van der Waals surface area contributed by atoms with Crippen LogP contribution in [0.15, 0.2) is 69.3 Å². The van der Waals surface area contributed by atoms with Crippen molar-refractivity contribution in [3.8, 4) is 0 Å². The van der Waals surface area contributed by atoms with E-state index in [1.54, 1.807) is 12.1 Å². The zero-order valence-electron chi connectivity index (χ0n) is 15.5. The largest absolute Gasteiger partial charge is 0.330 e. The summed E-state index contributed by atoms with van der Waals surface area (Å²) in [7, 11) is -1.15. The number of anilines is 2. The summed E-state index contributed by atoms with van der Waals surface area (Å²) >= 11 is 0. The van der Waals surface area contributed by atoms with E-state index >= 15 is 0 Å². The molecule has 3 rings (SSSR count). The molecule has 2 aromatic heterocycles. The molecule has 0 aliphatic carbocycles. The fourth-order valence-electron chi connectivity index (χ4n) is 2.50. The Bertz CT molecular complexity index is 1280. The second-order valence-electron chi connectivity index (χ2n) is 6.10. The molecule has 0 unspecified atom stereocenters. The molecule has 10 nitrogen and oxygen atoms in total. The Morgan fingerprint density at radius 1 is 1.03 bits per heavy atom. The smallest absolute Gasteiger partial charge is 0.322 e. The highest BCUT2D eigenvalue weighted by atomic mass is 32.2. The van der Waals surface area contributed by atoms with E-state index in [1.165, 1.54) is 50.6 Å². The molecule has 0 radical (unpaired) electrons. The number of benzene rings is 1. The Hall–Kier alpha value is -3.73. The van der Waals surface area contributed by atoms with Crippen molar-refractivity contribution in [2.75, 3.05) is 10.0 Å². The molecule has 0 atom stereocenters. The van der Waals surface area contributed by atoms with E-state index in [0.717, 1.165) is 15.3 Å². The normalized spacial score (nSPS) is 11.1. The van der Waals surface area contributed by atoms with Crippen molar-refractivity contribution < 1.29 is 13.2 Å². The van der Waals surface area contributed by atoms with Crippen LogP contribution in [0.1, 0.15) is 10.4 Å². The van der Waals surface area contributed by atoms with Crippen LogP contribution in [0.2, 0.25) is 0 Å². The Kier molecular flexibility index (Phi) is 5.33. The highest BCUT2D eigenvalue weighted by Crippen LogP contribution is 2.17. The summed E-state index contributed by atoms with van der Waals surface area (Å²) in [5.41, 5.74) is -1.23. The van der Waals surface area contributed by atoms with Gasteiger partial charge in [0, 0.05) is 32.2 Å². The van der Waals surface area contributed by atoms with Gasteiger partial charge in [-0.05, 0) is 36.4 Å². The first-order chi connectivity index (χ1) is 13.7. The number of carbonyl (C=O) groups excluding carboxylic acids is 1. The zero-order valence-corrected chi connectivity index (χ0v) is 16.3. The zero-order chi connectivity index (χ0) is 21.2. The van der Waals surface area contributed by atoms with Crippen LogP contribution in [0.25, 0.3) is 0 Å². The number of aryl methyl sites for hydroxylation is 1. The van der Waals surface area contributed by atoms with Crippen molar-refractivity contribution in [2.24, 2.45) is 14.1 Å². The van der Waals surface area contributed by atoms with Crippen molar-refractivity contribution in [3.63, 3.8) is 0 Å². The van der Waals surface area contributed by atoms with E-state index in [-0.39, 0.29) is 22.0 Å². The topological polar surface area (TPSA) is 132 Å². The molecule has 0 saturated carbocycles. The van der Waals surface area contributed by atoms with Gasteiger partial charge >= 0.3 is 5.69 Å². The van der Waals surface area contributed by atoms with Gasteiger partial charge in [-0.3, -0.25) is 18.9 Å². The lowest BCUT2D eigenvalue weighted by Crippen LogP contribution is -2.40. The summed E-state index contributed by atoms with van der Waals surface area (Å²) in [6, 6.07) is 10.2. The number of hydrogen-bond acceptors (Lipinski definition) is 6. The lowest BCUT2D eigenvalue weighted by atomic mass is 10.2. The molecular weight excluding hydrogens is 398 g/mol. The van der Waals surface area contributed by atoms with Gasteiger partial charge in [-0.15, -0.1) is 0 Å². The summed E-state index contributed by atoms with van der Waals surface area (Å²) in [6.45, 7) is 0. The number of nitrogens with one attached hydrogen (secondary N) is 2.